The number of thioether (sulfide) groups is 1. The number of benzene rings is 1. The van der Waals surface area contributed by atoms with E-state index in [0.717, 1.165) is 25.0 Å². The number of carbonyl (C=O) groups is 1. The molecule has 0 radical (unpaired) electrons. The SMILES string of the molecule is COc1ccc(/C=C/C(CC2CCC(=O)C2C)SC)cc1. The van der Waals surface area contributed by atoms with Gasteiger partial charge in [0.1, 0.15) is 11.5 Å². The van der Waals surface area contributed by atoms with Crippen LogP contribution >= 0.6 is 11.8 Å². The molecule has 3 unspecified atom stereocenters. The topological polar surface area (TPSA) is 26.3 Å². The fraction of sp³-hybridized carbons (Fsp3) is 0.500. The van der Waals surface area contributed by atoms with E-state index in [-0.39, 0.29) is 5.92 Å². The van der Waals surface area contributed by atoms with Crippen molar-refractivity contribution in [1.82, 2.24) is 0 Å². The number of ketones is 1. The number of ether oxygens (including phenoxy) is 1. The zero-order valence-electron chi connectivity index (χ0n) is 13.0. The van der Waals surface area contributed by atoms with Crippen molar-refractivity contribution in [1.29, 1.82) is 0 Å². The van der Waals surface area contributed by atoms with Gasteiger partial charge in [-0.3, -0.25) is 4.79 Å². The van der Waals surface area contributed by atoms with E-state index in [9.17, 15) is 4.79 Å². The Morgan fingerprint density at radius 1 is 1.38 bits per heavy atom. The highest BCUT2D eigenvalue weighted by Crippen LogP contribution is 2.34. The van der Waals surface area contributed by atoms with E-state index >= 15 is 0 Å². The van der Waals surface area contributed by atoms with Crippen LogP contribution in [-0.2, 0) is 4.79 Å². The summed E-state index contributed by atoms with van der Waals surface area (Å²) in [6, 6.07) is 8.08. The average Bonchev–Trinajstić information content (AvgIpc) is 2.83. The molecule has 1 saturated carbocycles. The van der Waals surface area contributed by atoms with Gasteiger partial charge in [-0.15, -0.1) is 0 Å². The Morgan fingerprint density at radius 3 is 2.62 bits per heavy atom. The predicted molar refractivity (Wildman–Crippen MR) is 90.8 cm³/mol. The zero-order chi connectivity index (χ0) is 15.2. The standard InChI is InChI=1S/C18H24O2S/c1-13-15(7-11-18(13)19)12-17(21-3)10-6-14-4-8-16(20-2)9-5-14/h4-6,8-10,13,15,17H,7,11-12H2,1-3H3/b10-6+. The second-order valence-corrected chi connectivity index (χ2v) is 6.77. The van der Waals surface area contributed by atoms with Crippen molar-refractivity contribution < 1.29 is 9.53 Å². The van der Waals surface area contributed by atoms with Crippen LogP contribution in [0.4, 0.5) is 0 Å². The van der Waals surface area contributed by atoms with Crippen molar-refractivity contribution in [3.8, 4) is 5.75 Å². The lowest BCUT2D eigenvalue weighted by Gasteiger charge is -2.18. The molecule has 1 aromatic carbocycles. The number of carbonyl (C=O) groups excluding carboxylic acids is 1. The number of Topliss-reactive ketones (excluding diaryl/α,β-unsaturated/α-hetero) is 1. The lowest BCUT2D eigenvalue weighted by atomic mass is 9.92. The van der Waals surface area contributed by atoms with Gasteiger partial charge in [-0.2, -0.15) is 11.8 Å². The first-order valence-electron chi connectivity index (χ1n) is 7.51. The number of hydrogen-bond donors (Lipinski definition) is 0. The van der Waals surface area contributed by atoms with Crippen LogP contribution in [-0.4, -0.2) is 24.4 Å². The molecule has 114 valence electrons. The molecule has 1 aliphatic carbocycles. The summed E-state index contributed by atoms with van der Waals surface area (Å²) in [4.78, 5) is 11.7. The van der Waals surface area contributed by atoms with Crippen LogP contribution in [0.2, 0.25) is 0 Å². The van der Waals surface area contributed by atoms with E-state index in [4.69, 9.17) is 4.74 Å². The first-order chi connectivity index (χ1) is 10.1. The predicted octanol–water partition coefficient (Wildman–Crippen LogP) is 4.45. The Hall–Kier alpha value is -1.22. The van der Waals surface area contributed by atoms with Gasteiger partial charge in [0.05, 0.1) is 7.11 Å². The first-order valence-corrected chi connectivity index (χ1v) is 8.80. The summed E-state index contributed by atoms with van der Waals surface area (Å²) in [7, 11) is 1.68. The van der Waals surface area contributed by atoms with Crippen molar-refractivity contribution in [3.05, 3.63) is 35.9 Å². The maximum Gasteiger partial charge on any atom is 0.135 e. The van der Waals surface area contributed by atoms with Crippen LogP contribution in [0.1, 0.15) is 31.7 Å². The number of hydrogen-bond acceptors (Lipinski definition) is 3. The largest absolute Gasteiger partial charge is 0.497 e. The summed E-state index contributed by atoms with van der Waals surface area (Å²) >= 11 is 1.86. The van der Waals surface area contributed by atoms with E-state index in [1.165, 1.54) is 5.56 Å². The molecular weight excluding hydrogens is 280 g/mol. The molecule has 1 aliphatic rings. The van der Waals surface area contributed by atoms with Gasteiger partial charge in [0.15, 0.2) is 0 Å². The van der Waals surface area contributed by atoms with E-state index in [1.54, 1.807) is 7.11 Å². The molecule has 2 rings (SSSR count). The van der Waals surface area contributed by atoms with Gasteiger partial charge < -0.3 is 4.74 Å². The average molecular weight is 304 g/mol. The molecule has 0 spiro atoms. The van der Waals surface area contributed by atoms with E-state index in [0.29, 0.717) is 17.0 Å². The second-order valence-electron chi connectivity index (χ2n) is 5.70. The van der Waals surface area contributed by atoms with Crippen molar-refractivity contribution in [2.45, 2.75) is 31.4 Å². The molecule has 3 atom stereocenters. The van der Waals surface area contributed by atoms with Gasteiger partial charge in [0, 0.05) is 17.6 Å². The van der Waals surface area contributed by atoms with Crippen molar-refractivity contribution in [2.24, 2.45) is 11.8 Å². The normalized spacial score (nSPS) is 23.7. The molecule has 0 heterocycles. The van der Waals surface area contributed by atoms with Crippen molar-refractivity contribution in [2.75, 3.05) is 13.4 Å². The van der Waals surface area contributed by atoms with Gasteiger partial charge >= 0.3 is 0 Å². The van der Waals surface area contributed by atoms with Crippen LogP contribution < -0.4 is 4.74 Å². The minimum Gasteiger partial charge on any atom is -0.497 e. The van der Waals surface area contributed by atoms with Gasteiger partial charge in [0.25, 0.3) is 0 Å². The van der Waals surface area contributed by atoms with Crippen LogP contribution in [0.3, 0.4) is 0 Å². The van der Waals surface area contributed by atoms with E-state index in [1.807, 2.05) is 23.9 Å². The molecule has 0 amide bonds. The lowest BCUT2D eigenvalue weighted by Crippen LogP contribution is -2.14. The van der Waals surface area contributed by atoms with E-state index < -0.39 is 0 Å². The Bertz CT molecular complexity index is 492. The van der Waals surface area contributed by atoms with Crippen molar-refractivity contribution in [3.63, 3.8) is 0 Å². The molecule has 21 heavy (non-hydrogen) atoms. The highest BCUT2D eigenvalue weighted by molar-refractivity contribution is 7.99. The molecule has 0 aliphatic heterocycles. The Kier molecular flexibility index (Phi) is 5.92. The molecule has 0 saturated heterocycles. The Balaban J connectivity index is 1.94. The highest BCUT2D eigenvalue weighted by atomic mass is 32.2. The highest BCUT2D eigenvalue weighted by Gasteiger charge is 2.31. The van der Waals surface area contributed by atoms with Crippen LogP contribution in [0.15, 0.2) is 30.3 Å². The summed E-state index contributed by atoms with van der Waals surface area (Å²) < 4.78 is 5.17. The minimum absolute atomic E-state index is 0.244. The van der Waals surface area contributed by atoms with Gasteiger partial charge in [-0.05, 0) is 42.7 Å². The molecule has 3 heteroatoms. The van der Waals surface area contributed by atoms with Gasteiger partial charge in [-0.25, -0.2) is 0 Å². The van der Waals surface area contributed by atoms with Crippen LogP contribution in [0, 0.1) is 11.8 Å². The lowest BCUT2D eigenvalue weighted by molar-refractivity contribution is -0.120. The van der Waals surface area contributed by atoms with Crippen LogP contribution in [0.25, 0.3) is 6.08 Å². The maximum atomic E-state index is 11.7. The molecule has 1 fully saturated rings. The summed E-state index contributed by atoms with van der Waals surface area (Å²) in [5.41, 5.74) is 1.19. The molecule has 2 nitrogen and oxygen atoms in total. The summed E-state index contributed by atoms with van der Waals surface area (Å²) in [5.74, 6) is 2.12. The number of rotatable bonds is 6. The molecule has 0 aromatic heterocycles. The quantitative estimate of drug-likeness (QED) is 0.777. The Labute approximate surface area is 132 Å². The molecular formula is C18H24O2S. The second kappa shape index (κ2) is 7.69. The van der Waals surface area contributed by atoms with Gasteiger partial charge in [-0.1, -0.05) is 31.2 Å². The maximum absolute atomic E-state index is 11.7. The van der Waals surface area contributed by atoms with Crippen LogP contribution in [0.5, 0.6) is 5.75 Å². The first kappa shape index (κ1) is 16.2. The fourth-order valence-electron chi connectivity index (χ4n) is 2.88. The molecule has 1 aromatic rings. The van der Waals surface area contributed by atoms with Crippen molar-refractivity contribution >= 4 is 23.6 Å². The summed E-state index contributed by atoms with van der Waals surface area (Å²) in [6.07, 6.45) is 9.51. The number of methoxy groups -OCH3 is 1. The van der Waals surface area contributed by atoms with E-state index in [2.05, 4.69) is 37.5 Å². The molecule has 0 bridgehead atoms. The third-order valence-electron chi connectivity index (χ3n) is 4.43. The Morgan fingerprint density at radius 2 is 2.10 bits per heavy atom. The monoisotopic (exact) mass is 304 g/mol. The minimum atomic E-state index is 0.244. The smallest absolute Gasteiger partial charge is 0.135 e. The fourth-order valence-corrected chi connectivity index (χ4v) is 3.55. The summed E-state index contributed by atoms with van der Waals surface area (Å²) in [5, 5.41) is 0.477. The molecule has 0 N–H and O–H groups in total. The zero-order valence-corrected chi connectivity index (χ0v) is 13.9. The summed E-state index contributed by atoms with van der Waals surface area (Å²) in [6.45, 7) is 2.09. The third-order valence-corrected chi connectivity index (χ3v) is 5.39. The van der Waals surface area contributed by atoms with Gasteiger partial charge in [0.2, 0.25) is 0 Å². The third kappa shape index (κ3) is 4.37.